The summed E-state index contributed by atoms with van der Waals surface area (Å²) in [6, 6.07) is 4.19. The number of hydrogen-bond acceptors (Lipinski definition) is 3. The maximum atomic E-state index is 5.59. The van der Waals surface area contributed by atoms with Crippen molar-refractivity contribution < 1.29 is 4.74 Å². The number of aryl methyl sites for hydroxylation is 1. The van der Waals surface area contributed by atoms with Gasteiger partial charge in [-0.2, -0.15) is 0 Å². The van der Waals surface area contributed by atoms with Gasteiger partial charge in [0.1, 0.15) is 0 Å². The molecule has 94 valence electrons. The van der Waals surface area contributed by atoms with E-state index in [0.717, 1.165) is 25.4 Å². The molecule has 2 heterocycles. The number of hydrogen-bond donors (Lipinski definition) is 1. The molecule has 1 aromatic rings. The van der Waals surface area contributed by atoms with Gasteiger partial charge in [0, 0.05) is 25.0 Å². The van der Waals surface area contributed by atoms with Gasteiger partial charge in [0.05, 0.1) is 6.10 Å². The van der Waals surface area contributed by atoms with E-state index in [9.17, 15) is 0 Å². The fourth-order valence-electron chi connectivity index (χ4n) is 2.16. The van der Waals surface area contributed by atoms with E-state index in [2.05, 4.69) is 22.4 Å². The van der Waals surface area contributed by atoms with Crippen LogP contribution in [0.3, 0.4) is 0 Å². The summed E-state index contributed by atoms with van der Waals surface area (Å²) in [5.74, 6) is 0. The third-order valence-corrected chi connectivity index (χ3v) is 3.21. The van der Waals surface area contributed by atoms with E-state index in [-0.39, 0.29) is 0 Å². The molecule has 1 aliphatic rings. The van der Waals surface area contributed by atoms with Crippen LogP contribution in [0.5, 0.6) is 0 Å². The third kappa shape index (κ3) is 4.44. The molecule has 0 aliphatic carbocycles. The van der Waals surface area contributed by atoms with Crippen LogP contribution in [0.1, 0.15) is 36.9 Å². The Balaban J connectivity index is 1.55. The first-order valence-electron chi connectivity index (χ1n) is 6.58. The number of nitrogens with one attached hydrogen (secondary N) is 1. The Morgan fingerprint density at radius 3 is 3.12 bits per heavy atom. The lowest BCUT2D eigenvalue weighted by atomic mass is 10.1. The average molecular weight is 234 g/mol. The van der Waals surface area contributed by atoms with Crippen LogP contribution in [0.25, 0.3) is 0 Å². The van der Waals surface area contributed by atoms with Crippen molar-refractivity contribution in [2.45, 2.75) is 45.3 Å². The summed E-state index contributed by atoms with van der Waals surface area (Å²) in [6.45, 7) is 4.96. The zero-order valence-electron chi connectivity index (χ0n) is 10.6. The van der Waals surface area contributed by atoms with Crippen molar-refractivity contribution in [2.75, 3.05) is 13.2 Å². The minimum Gasteiger partial charge on any atom is -0.378 e. The Kier molecular flexibility index (Phi) is 4.95. The minimum atomic E-state index is 0.526. The Hall–Kier alpha value is -0.930. The summed E-state index contributed by atoms with van der Waals surface area (Å²) in [5.41, 5.74) is 2.33. The molecule has 3 nitrogen and oxygen atoms in total. The number of ether oxygens (including phenoxy) is 1. The van der Waals surface area contributed by atoms with Gasteiger partial charge in [0.2, 0.25) is 0 Å². The minimum absolute atomic E-state index is 0.526. The van der Waals surface area contributed by atoms with Crippen molar-refractivity contribution in [3.63, 3.8) is 0 Å². The van der Waals surface area contributed by atoms with E-state index in [0.29, 0.717) is 6.10 Å². The van der Waals surface area contributed by atoms with Crippen LogP contribution in [-0.2, 0) is 11.3 Å². The first kappa shape index (κ1) is 12.5. The standard InChI is InChI=1S/C14H22N2O/c1-12-6-7-13(11-16-12)10-15-8-2-4-14-5-3-9-17-14/h6-7,11,14-15H,2-5,8-10H2,1H3. The van der Waals surface area contributed by atoms with Gasteiger partial charge in [-0.05, 0) is 50.8 Å². The monoisotopic (exact) mass is 234 g/mol. The molecule has 0 bridgehead atoms. The van der Waals surface area contributed by atoms with Crippen LogP contribution < -0.4 is 5.32 Å². The molecule has 0 radical (unpaired) electrons. The summed E-state index contributed by atoms with van der Waals surface area (Å²) < 4.78 is 5.59. The van der Waals surface area contributed by atoms with Crippen molar-refractivity contribution in [1.29, 1.82) is 0 Å². The molecule has 0 amide bonds. The molecule has 1 unspecified atom stereocenters. The predicted molar refractivity (Wildman–Crippen MR) is 68.9 cm³/mol. The van der Waals surface area contributed by atoms with E-state index in [1.165, 1.54) is 31.2 Å². The van der Waals surface area contributed by atoms with Gasteiger partial charge in [-0.25, -0.2) is 0 Å². The van der Waals surface area contributed by atoms with Gasteiger partial charge >= 0.3 is 0 Å². The molecular formula is C14H22N2O. The van der Waals surface area contributed by atoms with Crippen molar-refractivity contribution in [3.8, 4) is 0 Å². The molecule has 1 saturated heterocycles. The highest BCUT2D eigenvalue weighted by Crippen LogP contribution is 2.16. The largest absolute Gasteiger partial charge is 0.378 e. The normalized spacial score (nSPS) is 19.7. The smallest absolute Gasteiger partial charge is 0.0576 e. The van der Waals surface area contributed by atoms with Crippen LogP contribution in [0, 0.1) is 6.92 Å². The maximum absolute atomic E-state index is 5.59. The molecule has 17 heavy (non-hydrogen) atoms. The van der Waals surface area contributed by atoms with Crippen molar-refractivity contribution in [1.82, 2.24) is 10.3 Å². The molecule has 3 heteroatoms. The van der Waals surface area contributed by atoms with Gasteiger partial charge in [0.15, 0.2) is 0 Å². The molecule has 1 N–H and O–H groups in total. The molecule has 1 aromatic heterocycles. The number of nitrogens with zero attached hydrogens (tertiary/aromatic N) is 1. The highest BCUT2D eigenvalue weighted by Gasteiger charge is 2.14. The van der Waals surface area contributed by atoms with Crippen LogP contribution >= 0.6 is 0 Å². The van der Waals surface area contributed by atoms with Crippen molar-refractivity contribution in [3.05, 3.63) is 29.6 Å². The SMILES string of the molecule is Cc1ccc(CNCCCC2CCCO2)cn1. The average Bonchev–Trinajstić information content (AvgIpc) is 2.84. The Morgan fingerprint density at radius 2 is 2.41 bits per heavy atom. The van der Waals surface area contributed by atoms with Crippen LogP contribution in [0.15, 0.2) is 18.3 Å². The second kappa shape index (κ2) is 6.72. The second-order valence-electron chi connectivity index (χ2n) is 4.76. The fraction of sp³-hybridized carbons (Fsp3) is 0.643. The zero-order chi connectivity index (χ0) is 11.9. The lowest BCUT2D eigenvalue weighted by molar-refractivity contribution is 0.102. The highest BCUT2D eigenvalue weighted by atomic mass is 16.5. The highest BCUT2D eigenvalue weighted by molar-refractivity contribution is 5.12. The third-order valence-electron chi connectivity index (χ3n) is 3.21. The summed E-state index contributed by atoms with van der Waals surface area (Å²) in [7, 11) is 0. The summed E-state index contributed by atoms with van der Waals surface area (Å²) >= 11 is 0. The lowest BCUT2D eigenvalue weighted by Gasteiger charge is -2.09. The quantitative estimate of drug-likeness (QED) is 0.768. The van der Waals surface area contributed by atoms with E-state index < -0.39 is 0 Å². The van der Waals surface area contributed by atoms with E-state index in [1.54, 1.807) is 0 Å². The molecule has 0 aromatic carbocycles. The maximum Gasteiger partial charge on any atom is 0.0576 e. The number of pyridine rings is 1. The first-order valence-corrected chi connectivity index (χ1v) is 6.58. The van der Waals surface area contributed by atoms with E-state index in [1.807, 2.05) is 13.1 Å². The molecule has 0 saturated carbocycles. The molecule has 2 rings (SSSR count). The predicted octanol–water partition coefficient (Wildman–Crippen LogP) is 2.44. The molecule has 0 spiro atoms. The summed E-state index contributed by atoms with van der Waals surface area (Å²) in [6.07, 6.45) is 7.36. The molecule has 1 atom stereocenters. The number of aromatic nitrogens is 1. The summed E-state index contributed by atoms with van der Waals surface area (Å²) in [5, 5.41) is 3.45. The fourth-order valence-corrected chi connectivity index (χ4v) is 2.16. The first-order chi connectivity index (χ1) is 8.34. The van der Waals surface area contributed by atoms with Crippen molar-refractivity contribution in [2.24, 2.45) is 0 Å². The van der Waals surface area contributed by atoms with E-state index >= 15 is 0 Å². The van der Waals surface area contributed by atoms with Gasteiger partial charge in [0.25, 0.3) is 0 Å². The number of rotatable bonds is 6. The van der Waals surface area contributed by atoms with Gasteiger partial charge in [-0.3, -0.25) is 4.98 Å². The van der Waals surface area contributed by atoms with Crippen LogP contribution in [-0.4, -0.2) is 24.2 Å². The Labute approximate surface area is 104 Å². The van der Waals surface area contributed by atoms with Gasteiger partial charge in [-0.15, -0.1) is 0 Å². The Bertz CT molecular complexity index is 317. The molecular weight excluding hydrogens is 212 g/mol. The summed E-state index contributed by atoms with van der Waals surface area (Å²) in [4.78, 5) is 4.28. The molecule has 1 fully saturated rings. The van der Waals surface area contributed by atoms with Gasteiger partial charge < -0.3 is 10.1 Å². The van der Waals surface area contributed by atoms with Crippen LogP contribution in [0.2, 0.25) is 0 Å². The van der Waals surface area contributed by atoms with Gasteiger partial charge in [-0.1, -0.05) is 6.07 Å². The van der Waals surface area contributed by atoms with Crippen molar-refractivity contribution >= 4 is 0 Å². The molecule has 1 aliphatic heterocycles. The second-order valence-corrected chi connectivity index (χ2v) is 4.76. The Morgan fingerprint density at radius 1 is 1.47 bits per heavy atom. The van der Waals surface area contributed by atoms with Crippen LogP contribution in [0.4, 0.5) is 0 Å². The topological polar surface area (TPSA) is 34.1 Å². The van der Waals surface area contributed by atoms with E-state index in [4.69, 9.17) is 4.74 Å². The zero-order valence-corrected chi connectivity index (χ0v) is 10.6. The lowest BCUT2D eigenvalue weighted by Crippen LogP contribution is -2.17.